The van der Waals surface area contributed by atoms with E-state index in [-0.39, 0.29) is 0 Å². The van der Waals surface area contributed by atoms with E-state index in [9.17, 15) is 0 Å². The van der Waals surface area contributed by atoms with Gasteiger partial charge in [0.2, 0.25) is 0 Å². The lowest BCUT2D eigenvalue weighted by atomic mass is 10.1. The van der Waals surface area contributed by atoms with E-state index in [4.69, 9.17) is 0 Å². The molecule has 2 heterocycles. The van der Waals surface area contributed by atoms with Crippen molar-refractivity contribution in [1.82, 2.24) is 15.3 Å². The Morgan fingerprint density at radius 1 is 1.28 bits per heavy atom. The van der Waals surface area contributed by atoms with Crippen molar-refractivity contribution in [1.29, 1.82) is 0 Å². The molecule has 4 heteroatoms. The first-order valence-corrected chi connectivity index (χ1v) is 7.08. The Labute approximate surface area is 112 Å². The van der Waals surface area contributed by atoms with Crippen molar-refractivity contribution in [3.8, 4) is 0 Å². The highest BCUT2D eigenvalue weighted by molar-refractivity contribution is 7.11. The first kappa shape index (κ1) is 13.2. The van der Waals surface area contributed by atoms with Crippen LogP contribution in [0.3, 0.4) is 0 Å². The first-order valence-electron chi connectivity index (χ1n) is 6.27. The fraction of sp³-hybridized carbons (Fsp3) is 0.429. The molecule has 0 bridgehead atoms. The third kappa shape index (κ3) is 3.15. The van der Waals surface area contributed by atoms with Crippen LogP contribution in [0.4, 0.5) is 0 Å². The van der Waals surface area contributed by atoms with E-state index >= 15 is 0 Å². The van der Waals surface area contributed by atoms with Gasteiger partial charge < -0.3 is 5.32 Å². The van der Waals surface area contributed by atoms with Gasteiger partial charge in [0.05, 0.1) is 10.7 Å². The van der Waals surface area contributed by atoms with Gasteiger partial charge in [0.15, 0.2) is 0 Å². The molecule has 0 aliphatic rings. The molecule has 0 radical (unpaired) electrons. The molecule has 0 saturated heterocycles. The molecular formula is C14H19N3S. The summed E-state index contributed by atoms with van der Waals surface area (Å²) >= 11 is 1.80. The molecule has 2 rings (SSSR count). The molecule has 1 unspecified atom stereocenters. The minimum Gasteiger partial charge on any atom is -0.310 e. The number of nitrogens with one attached hydrogen (secondary N) is 1. The summed E-state index contributed by atoms with van der Waals surface area (Å²) in [4.78, 5) is 10.0. The highest BCUT2D eigenvalue weighted by Gasteiger charge is 2.14. The quantitative estimate of drug-likeness (QED) is 0.899. The van der Waals surface area contributed by atoms with Crippen molar-refractivity contribution in [3.63, 3.8) is 0 Å². The molecule has 18 heavy (non-hydrogen) atoms. The number of likely N-dealkylation sites (N-methyl/N-ethyl adjacent to an activating group) is 1. The van der Waals surface area contributed by atoms with Crippen molar-refractivity contribution in [2.24, 2.45) is 0 Å². The summed E-state index contributed by atoms with van der Waals surface area (Å²) < 4.78 is 0. The van der Waals surface area contributed by atoms with Crippen LogP contribution in [0.5, 0.6) is 0 Å². The van der Waals surface area contributed by atoms with Gasteiger partial charge >= 0.3 is 0 Å². The van der Waals surface area contributed by atoms with E-state index in [1.54, 1.807) is 11.3 Å². The summed E-state index contributed by atoms with van der Waals surface area (Å²) in [5, 5.41) is 4.72. The average molecular weight is 261 g/mol. The lowest BCUT2D eigenvalue weighted by Gasteiger charge is -2.16. The predicted molar refractivity (Wildman–Crippen MR) is 75.9 cm³/mol. The molecule has 0 amide bonds. The smallest absolute Gasteiger partial charge is 0.0949 e. The summed E-state index contributed by atoms with van der Waals surface area (Å²) in [7, 11) is 0. The number of hydrogen-bond acceptors (Lipinski definition) is 4. The summed E-state index contributed by atoms with van der Waals surface area (Å²) in [6.45, 7) is 7.29. The minimum absolute atomic E-state index is 0.322. The Kier molecular flexibility index (Phi) is 4.44. The molecule has 96 valence electrons. The van der Waals surface area contributed by atoms with Crippen molar-refractivity contribution in [3.05, 3.63) is 45.7 Å². The lowest BCUT2D eigenvalue weighted by molar-refractivity contribution is 0.548. The Morgan fingerprint density at radius 2 is 2.00 bits per heavy atom. The molecule has 1 atom stereocenters. The molecule has 0 saturated carbocycles. The van der Waals surface area contributed by atoms with Crippen molar-refractivity contribution in [2.75, 3.05) is 6.54 Å². The van der Waals surface area contributed by atoms with E-state index in [1.807, 2.05) is 12.4 Å². The molecular weight excluding hydrogens is 242 g/mol. The molecule has 3 nitrogen and oxygen atoms in total. The third-order valence-corrected chi connectivity index (χ3v) is 4.11. The summed E-state index contributed by atoms with van der Waals surface area (Å²) in [6, 6.07) is 4.46. The standard InChI is InChI=1S/C14H19N3S/c1-4-16-13(12-5-7-15-8-6-12)9-14-17-10(2)11(3)18-14/h5-8,13,16H,4,9H2,1-3H3. The largest absolute Gasteiger partial charge is 0.310 e. The van der Waals surface area contributed by atoms with Gasteiger partial charge in [-0.25, -0.2) is 4.98 Å². The predicted octanol–water partition coefficient (Wildman–Crippen LogP) is 3.05. The number of aryl methyl sites for hydroxylation is 2. The number of rotatable bonds is 5. The van der Waals surface area contributed by atoms with Crippen molar-refractivity contribution < 1.29 is 0 Å². The van der Waals surface area contributed by atoms with Gasteiger partial charge in [0.1, 0.15) is 0 Å². The number of pyridine rings is 1. The maximum absolute atomic E-state index is 4.62. The lowest BCUT2D eigenvalue weighted by Crippen LogP contribution is -2.22. The second-order valence-electron chi connectivity index (χ2n) is 4.34. The average Bonchev–Trinajstić information content (AvgIpc) is 2.69. The van der Waals surface area contributed by atoms with Gasteiger partial charge in [0, 0.05) is 29.7 Å². The minimum atomic E-state index is 0.322. The van der Waals surface area contributed by atoms with Crippen LogP contribution < -0.4 is 5.32 Å². The molecule has 0 spiro atoms. The van der Waals surface area contributed by atoms with Gasteiger partial charge in [-0.1, -0.05) is 6.92 Å². The fourth-order valence-electron chi connectivity index (χ4n) is 1.95. The van der Waals surface area contributed by atoms with Gasteiger partial charge in [0.25, 0.3) is 0 Å². The fourth-order valence-corrected chi connectivity index (χ4v) is 2.93. The van der Waals surface area contributed by atoms with Gasteiger partial charge in [-0.05, 0) is 38.1 Å². The number of thiazole rings is 1. The molecule has 2 aromatic heterocycles. The zero-order valence-electron chi connectivity index (χ0n) is 11.1. The van der Waals surface area contributed by atoms with Gasteiger partial charge in [-0.3, -0.25) is 4.98 Å². The highest BCUT2D eigenvalue weighted by atomic mass is 32.1. The van der Waals surface area contributed by atoms with Crippen LogP contribution >= 0.6 is 11.3 Å². The van der Waals surface area contributed by atoms with Crippen LogP contribution in [0, 0.1) is 13.8 Å². The maximum atomic E-state index is 4.62. The summed E-state index contributed by atoms with van der Waals surface area (Å²) in [6.07, 6.45) is 4.63. The van der Waals surface area contributed by atoms with Crippen LogP contribution in [0.25, 0.3) is 0 Å². The number of nitrogens with zero attached hydrogens (tertiary/aromatic N) is 2. The van der Waals surface area contributed by atoms with E-state index < -0.39 is 0 Å². The van der Waals surface area contributed by atoms with Crippen molar-refractivity contribution in [2.45, 2.75) is 33.2 Å². The highest BCUT2D eigenvalue weighted by Crippen LogP contribution is 2.23. The number of hydrogen-bond donors (Lipinski definition) is 1. The topological polar surface area (TPSA) is 37.8 Å². The van der Waals surface area contributed by atoms with Gasteiger partial charge in [-0.15, -0.1) is 11.3 Å². The first-order chi connectivity index (χ1) is 8.70. The van der Waals surface area contributed by atoms with Crippen LogP contribution in [0.15, 0.2) is 24.5 Å². The SMILES string of the molecule is CCNC(Cc1nc(C)c(C)s1)c1ccncc1. The second kappa shape index (κ2) is 6.07. The number of aromatic nitrogens is 2. The maximum Gasteiger partial charge on any atom is 0.0949 e. The molecule has 0 aliphatic heterocycles. The van der Waals surface area contributed by atoms with E-state index in [0.717, 1.165) is 18.7 Å². The van der Waals surface area contributed by atoms with Crippen LogP contribution in [0.1, 0.15) is 34.1 Å². The van der Waals surface area contributed by atoms with E-state index in [1.165, 1.54) is 15.4 Å². The Morgan fingerprint density at radius 3 is 2.56 bits per heavy atom. The Balaban J connectivity index is 2.16. The second-order valence-corrected chi connectivity index (χ2v) is 5.63. The summed E-state index contributed by atoms with van der Waals surface area (Å²) in [5.74, 6) is 0. The zero-order chi connectivity index (χ0) is 13.0. The monoisotopic (exact) mass is 261 g/mol. The Bertz CT molecular complexity index is 473. The third-order valence-electron chi connectivity index (χ3n) is 3.01. The van der Waals surface area contributed by atoms with Crippen LogP contribution in [-0.4, -0.2) is 16.5 Å². The van der Waals surface area contributed by atoms with E-state index in [2.05, 4.69) is 48.2 Å². The van der Waals surface area contributed by atoms with Crippen LogP contribution in [0.2, 0.25) is 0 Å². The Hall–Kier alpha value is -1.26. The van der Waals surface area contributed by atoms with Crippen LogP contribution in [-0.2, 0) is 6.42 Å². The molecule has 0 fully saturated rings. The van der Waals surface area contributed by atoms with Gasteiger partial charge in [-0.2, -0.15) is 0 Å². The molecule has 1 N–H and O–H groups in total. The van der Waals surface area contributed by atoms with Crippen molar-refractivity contribution >= 4 is 11.3 Å². The van der Waals surface area contributed by atoms with E-state index in [0.29, 0.717) is 6.04 Å². The molecule has 0 aromatic carbocycles. The summed E-state index contributed by atoms with van der Waals surface area (Å²) in [5.41, 5.74) is 2.43. The zero-order valence-corrected chi connectivity index (χ0v) is 11.9. The molecule has 0 aliphatic carbocycles. The molecule has 2 aromatic rings. The normalized spacial score (nSPS) is 12.6.